The Morgan fingerprint density at radius 3 is 2.20 bits per heavy atom. The maximum Gasteiger partial charge on any atom is 0.253 e. The van der Waals surface area contributed by atoms with Crippen LogP contribution in [0.15, 0.2) is 36.4 Å². The van der Waals surface area contributed by atoms with Gasteiger partial charge in [-0.05, 0) is 60.2 Å². The third kappa shape index (κ3) is 3.76. The van der Waals surface area contributed by atoms with E-state index in [0.29, 0.717) is 43.7 Å². The molecule has 2 aliphatic heterocycles. The van der Waals surface area contributed by atoms with Gasteiger partial charge in [0.05, 0.1) is 12.0 Å². The number of carbonyl (C=O) groups excluding carboxylic acids is 2. The van der Waals surface area contributed by atoms with Gasteiger partial charge in [-0.2, -0.15) is 0 Å². The van der Waals surface area contributed by atoms with E-state index in [9.17, 15) is 9.59 Å². The Morgan fingerprint density at radius 2 is 1.60 bits per heavy atom. The van der Waals surface area contributed by atoms with Crippen LogP contribution in [-0.2, 0) is 5.41 Å². The lowest BCUT2D eigenvalue weighted by Crippen LogP contribution is -2.52. The highest BCUT2D eigenvalue weighted by molar-refractivity contribution is 6.00. The number of amides is 1. The van der Waals surface area contributed by atoms with E-state index in [0.717, 1.165) is 16.7 Å². The van der Waals surface area contributed by atoms with Gasteiger partial charge in [0.15, 0.2) is 5.78 Å². The number of Topliss-reactive ketones (excluding diaryl/α,β-unsaturated/α-hetero) is 1. The van der Waals surface area contributed by atoms with Crippen molar-refractivity contribution in [2.45, 2.75) is 64.9 Å². The lowest BCUT2D eigenvalue weighted by atomic mass is 9.81. The second-order valence-corrected chi connectivity index (χ2v) is 9.94. The highest BCUT2D eigenvalue weighted by Crippen LogP contribution is 2.40. The number of hydrogen-bond acceptors (Lipinski definition) is 3. The molecule has 2 aromatic carbocycles. The molecule has 0 radical (unpaired) electrons. The van der Waals surface area contributed by atoms with Crippen LogP contribution in [0.25, 0.3) is 0 Å². The van der Waals surface area contributed by atoms with Crippen LogP contribution in [0, 0.1) is 13.8 Å². The van der Waals surface area contributed by atoms with Crippen molar-refractivity contribution in [3.05, 3.63) is 64.2 Å². The Morgan fingerprint density at radius 1 is 1.00 bits per heavy atom. The number of ether oxygens (including phenoxy) is 1. The Hall–Kier alpha value is -2.62. The molecule has 2 heterocycles. The summed E-state index contributed by atoms with van der Waals surface area (Å²) in [5, 5.41) is 0. The van der Waals surface area contributed by atoms with Crippen molar-refractivity contribution in [2.75, 3.05) is 13.1 Å². The molecule has 0 bridgehead atoms. The summed E-state index contributed by atoms with van der Waals surface area (Å²) < 4.78 is 6.39. The Labute approximate surface area is 179 Å². The number of piperidine rings is 1. The Kier molecular flexibility index (Phi) is 5.00. The first-order valence-electron chi connectivity index (χ1n) is 10.8. The number of aryl methyl sites for hydroxylation is 2. The van der Waals surface area contributed by atoms with Crippen LogP contribution < -0.4 is 4.74 Å². The fraction of sp³-hybridized carbons (Fsp3) is 0.462. The molecule has 4 nitrogen and oxygen atoms in total. The first-order valence-corrected chi connectivity index (χ1v) is 10.8. The quantitative estimate of drug-likeness (QED) is 0.652. The van der Waals surface area contributed by atoms with E-state index in [1.54, 1.807) is 0 Å². The molecule has 4 heteroatoms. The lowest BCUT2D eigenvalue weighted by molar-refractivity contribution is -0.00575. The van der Waals surface area contributed by atoms with Gasteiger partial charge >= 0.3 is 0 Å². The fourth-order valence-electron chi connectivity index (χ4n) is 4.44. The summed E-state index contributed by atoms with van der Waals surface area (Å²) in [6.07, 6.45) is 1.75. The lowest BCUT2D eigenvalue weighted by Gasteiger charge is -2.44. The van der Waals surface area contributed by atoms with E-state index in [-0.39, 0.29) is 17.1 Å². The number of hydrogen-bond donors (Lipinski definition) is 0. The largest absolute Gasteiger partial charge is 0.486 e. The molecule has 0 aliphatic carbocycles. The zero-order valence-electron chi connectivity index (χ0n) is 18.7. The minimum absolute atomic E-state index is 0.0549. The Bertz CT molecular complexity index is 990. The smallest absolute Gasteiger partial charge is 0.253 e. The normalized spacial score (nSPS) is 18.2. The fourth-order valence-corrected chi connectivity index (χ4v) is 4.44. The topological polar surface area (TPSA) is 46.6 Å². The molecule has 4 rings (SSSR count). The molecule has 0 atom stereocenters. The molecule has 1 spiro atoms. The van der Waals surface area contributed by atoms with E-state index in [2.05, 4.69) is 20.8 Å². The van der Waals surface area contributed by atoms with E-state index >= 15 is 0 Å². The number of likely N-dealkylation sites (tertiary alicyclic amines) is 1. The van der Waals surface area contributed by atoms with Gasteiger partial charge in [0.25, 0.3) is 5.91 Å². The van der Waals surface area contributed by atoms with Gasteiger partial charge in [-0.1, -0.05) is 32.9 Å². The van der Waals surface area contributed by atoms with Crippen LogP contribution in [0.2, 0.25) is 0 Å². The van der Waals surface area contributed by atoms with Crippen molar-refractivity contribution in [1.29, 1.82) is 0 Å². The Balaban J connectivity index is 1.46. The molecule has 0 aromatic heterocycles. The second kappa shape index (κ2) is 7.26. The standard InChI is InChI=1S/C26H31NO3/c1-17-14-21-22(28)16-26(30-23(21)15-18(17)2)10-12-27(13-11-26)24(29)19-6-8-20(9-7-19)25(3,4)5/h6-9,14-15H,10-13,16H2,1-5H3. The summed E-state index contributed by atoms with van der Waals surface area (Å²) in [6.45, 7) is 11.8. The van der Waals surface area contributed by atoms with E-state index < -0.39 is 5.60 Å². The molecule has 1 amide bonds. The number of ketones is 1. The van der Waals surface area contributed by atoms with E-state index in [1.807, 2.05) is 55.1 Å². The van der Waals surface area contributed by atoms with Gasteiger partial charge in [0, 0.05) is 31.5 Å². The highest BCUT2D eigenvalue weighted by atomic mass is 16.5. The maximum absolute atomic E-state index is 13.0. The van der Waals surface area contributed by atoms with Gasteiger partial charge in [0.1, 0.15) is 11.4 Å². The first kappa shape index (κ1) is 20.6. The highest BCUT2D eigenvalue weighted by Gasteiger charge is 2.43. The van der Waals surface area contributed by atoms with Crippen molar-refractivity contribution >= 4 is 11.7 Å². The van der Waals surface area contributed by atoms with Crippen LogP contribution >= 0.6 is 0 Å². The van der Waals surface area contributed by atoms with Crippen LogP contribution in [-0.4, -0.2) is 35.3 Å². The predicted octanol–water partition coefficient (Wildman–Crippen LogP) is 5.24. The van der Waals surface area contributed by atoms with Crippen LogP contribution in [0.4, 0.5) is 0 Å². The number of nitrogens with zero attached hydrogens (tertiary/aromatic N) is 1. The summed E-state index contributed by atoms with van der Waals surface area (Å²) in [6, 6.07) is 11.9. The summed E-state index contributed by atoms with van der Waals surface area (Å²) in [5.74, 6) is 0.906. The van der Waals surface area contributed by atoms with Crippen LogP contribution in [0.3, 0.4) is 0 Å². The average molecular weight is 406 g/mol. The minimum atomic E-state index is -0.487. The van der Waals surface area contributed by atoms with Crippen molar-refractivity contribution in [3.63, 3.8) is 0 Å². The van der Waals surface area contributed by atoms with Gasteiger partial charge in [-0.15, -0.1) is 0 Å². The van der Waals surface area contributed by atoms with E-state index in [4.69, 9.17) is 4.74 Å². The monoisotopic (exact) mass is 405 g/mol. The number of benzene rings is 2. The molecule has 1 fully saturated rings. The van der Waals surface area contributed by atoms with Crippen molar-refractivity contribution < 1.29 is 14.3 Å². The van der Waals surface area contributed by atoms with E-state index in [1.165, 1.54) is 5.56 Å². The third-order valence-corrected chi connectivity index (χ3v) is 6.67. The molecule has 0 unspecified atom stereocenters. The second-order valence-electron chi connectivity index (χ2n) is 9.94. The molecule has 1 saturated heterocycles. The molecule has 2 aromatic rings. The van der Waals surface area contributed by atoms with Crippen molar-refractivity contribution in [2.24, 2.45) is 0 Å². The maximum atomic E-state index is 13.0. The molecule has 0 N–H and O–H groups in total. The van der Waals surface area contributed by atoms with Gasteiger partial charge in [-0.3, -0.25) is 9.59 Å². The number of fused-ring (bicyclic) bond motifs is 1. The van der Waals surface area contributed by atoms with Gasteiger partial charge in [0.2, 0.25) is 0 Å². The molecular weight excluding hydrogens is 374 g/mol. The summed E-state index contributed by atoms with van der Waals surface area (Å²) in [5.41, 5.74) is 4.45. The predicted molar refractivity (Wildman–Crippen MR) is 119 cm³/mol. The van der Waals surface area contributed by atoms with Gasteiger partial charge in [-0.25, -0.2) is 0 Å². The third-order valence-electron chi connectivity index (χ3n) is 6.67. The summed E-state index contributed by atoms with van der Waals surface area (Å²) >= 11 is 0. The van der Waals surface area contributed by atoms with Crippen LogP contribution in [0.5, 0.6) is 5.75 Å². The molecule has 158 valence electrons. The van der Waals surface area contributed by atoms with Crippen molar-refractivity contribution in [1.82, 2.24) is 4.90 Å². The van der Waals surface area contributed by atoms with Crippen LogP contribution in [0.1, 0.15) is 77.4 Å². The SMILES string of the molecule is Cc1cc2c(cc1C)C(=O)CC1(CCN(C(=O)c3ccc(C(C)(C)C)cc3)CC1)O2. The average Bonchev–Trinajstić information content (AvgIpc) is 2.69. The first-order chi connectivity index (χ1) is 14.1. The van der Waals surface area contributed by atoms with Crippen molar-refractivity contribution in [3.8, 4) is 5.75 Å². The zero-order chi connectivity index (χ0) is 21.7. The molecule has 0 saturated carbocycles. The van der Waals surface area contributed by atoms with Gasteiger partial charge < -0.3 is 9.64 Å². The molecule has 30 heavy (non-hydrogen) atoms. The summed E-state index contributed by atoms with van der Waals surface area (Å²) in [4.78, 5) is 27.7. The number of rotatable bonds is 1. The minimum Gasteiger partial charge on any atom is -0.486 e. The zero-order valence-corrected chi connectivity index (χ0v) is 18.7. The number of carbonyl (C=O) groups is 2. The molecule has 2 aliphatic rings. The molecular formula is C26H31NO3. The summed E-state index contributed by atoms with van der Waals surface area (Å²) in [7, 11) is 0.